The smallest absolute Gasteiger partial charge is 0.129 e. The Bertz CT molecular complexity index is 450. The van der Waals surface area contributed by atoms with E-state index in [-0.39, 0.29) is 5.41 Å². The molecule has 0 heterocycles. The molecule has 0 saturated heterocycles. The quantitative estimate of drug-likeness (QED) is 0.822. The van der Waals surface area contributed by atoms with E-state index in [1.165, 1.54) is 12.8 Å². The van der Waals surface area contributed by atoms with Gasteiger partial charge in [0.15, 0.2) is 0 Å². The van der Waals surface area contributed by atoms with Gasteiger partial charge in [0.05, 0.1) is 0 Å². The Hall–Kier alpha value is -0.960. The van der Waals surface area contributed by atoms with Gasteiger partial charge in [0.25, 0.3) is 0 Å². The highest BCUT2D eigenvalue weighted by atomic mass is 19.1. The van der Waals surface area contributed by atoms with Crippen LogP contribution in [0.2, 0.25) is 0 Å². The van der Waals surface area contributed by atoms with Crippen molar-refractivity contribution in [2.45, 2.75) is 52.5 Å². The van der Waals surface area contributed by atoms with Gasteiger partial charge >= 0.3 is 0 Å². The van der Waals surface area contributed by atoms with Crippen molar-refractivity contribution in [3.05, 3.63) is 34.9 Å². The fourth-order valence-electron chi connectivity index (χ4n) is 2.18. The average Bonchev–Trinajstić information content (AvgIpc) is 3.14. The second-order valence-corrected chi connectivity index (χ2v) is 6.51. The van der Waals surface area contributed by atoms with Gasteiger partial charge in [0, 0.05) is 18.7 Å². The summed E-state index contributed by atoms with van der Waals surface area (Å²) < 4.78 is 26.9. The predicted molar refractivity (Wildman–Crippen MR) is 74.2 cm³/mol. The maximum Gasteiger partial charge on any atom is 0.129 e. The van der Waals surface area contributed by atoms with Crippen LogP contribution in [0.3, 0.4) is 0 Å². The maximum atomic E-state index is 13.7. The molecule has 1 saturated carbocycles. The zero-order valence-electron chi connectivity index (χ0n) is 12.0. The molecule has 1 aromatic carbocycles. The third-order valence-electron chi connectivity index (χ3n) is 3.85. The lowest BCUT2D eigenvalue weighted by molar-refractivity contribution is 0.312. The van der Waals surface area contributed by atoms with Crippen LogP contribution in [0.25, 0.3) is 0 Å². The largest absolute Gasteiger partial charge is 0.313 e. The molecule has 2 rings (SSSR count). The van der Waals surface area contributed by atoms with Gasteiger partial charge in [-0.3, -0.25) is 0 Å². The highest BCUT2D eigenvalue weighted by molar-refractivity contribution is 5.25. The van der Waals surface area contributed by atoms with Crippen molar-refractivity contribution in [3.63, 3.8) is 0 Å². The molecule has 0 spiro atoms. The van der Waals surface area contributed by atoms with E-state index in [9.17, 15) is 8.78 Å². The zero-order valence-corrected chi connectivity index (χ0v) is 12.0. The molecule has 1 fully saturated rings. The summed E-state index contributed by atoms with van der Waals surface area (Å²) in [6, 6.07) is 3.33. The second-order valence-electron chi connectivity index (χ2n) is 6.51. The summed E-state index contributed by atoms with van der Waals surface area (Å²) in [4.78, 5) is 0. The van der Waals surface area contributed by atoms with E-state index < -0.39 is 11.6 Å². The van der Waals surface area contributed by atoms with E-state index in [0.717, 1.165) is 19.0 Å². The van der Waals surface area contributed by atoms with Gasteiger partial charge in [-0.2, -0.15) is 0 Å². The van der Waals surface area contributed by atoms with Crippen molar-refractivity contribution in [2.75, 3.05) is 6.54 Å². The molecule has 1 N–H and O–H groups in total. The van der Waals surface area contributed by atoms with E-state index in [2.05, 4.69) is 19.2 Å². The van der Waals surface area contributed by atoms with Crippen molar-refractivity contribution in [1.29, 1.82) is 0 Å². The summed E-state index contributed by atoms with van der Waals surface area (Å²) in [6.07, 6.45) is 4.12. The number of benzene rings is 1. The van der Waals surface area contributed by atoms with E-state index >= 15 is 0 Å². The van der Waals surface area contributed by atoms with Gasteiger partial charge < -0.3 is 5.32 Å². The number of rotatable bonds is 6. The molecule has 1 nitrogen and oxygen atoms in total. The molecule has 0 aliphatic heterocycles. The standard InChI is InChI=1S/C16H23F2N/c1-11-8-12(15(18)9-14(11)17)6-7-16(2,3)10-19-13-4-5-13/h8-9,13,19H,4-7,10H2,1-3H3. The molecule has 0 aromatic heterocycles. The van der Waals surface area contributed by atoms with Gasteiger partial charge in [0.2, 0.25) is 0 Å². The highest BCUT2D eigenvalue weighted by Crippen LogP contribution is 2.26. The molecule has 1 aromatic rings. The van der Waals surface area contributed by atoms with Crippen LogP contribution < -0.4 is 5.32 Å². The number of hydrogen-bond donors (Lipinski definition) is 1. The third kappa shape index (κ3) is 4.27. The maximum absolute atomic E-state index is 13.7. The van der Waals surface area contributed by atoms with Crippen LogP contribution in [0.15, 0.2) is 12.1 Å². The minimum atomic E-state index is -0.462. The molecule has 0 atom stereocenters. The van der Waals surface area contributed by atoms with Crippen LogP contribution in [0, 0.1) is 24.0 Å². The average molecular weight is 267 g/mol. The summed E-state index contributed by atoms with van der Waals surface area (Å²) in [5.74, 6) is -0.884. The SMILES string of the molecule is Cc1cc(CCC(C)(C)CNC2CC2)c(F)cc1F. The van der Waals surface area contributed by atoms with Crippen LogP contribution in [0.4, 0.5) is 8.78 Å². The summed E-state index contributed by atoms with van der Waals surface area (Å²) in [6.45, 7) is 7.02. The lowest BCUT2D eigenvalue weighted by Gasteiger charge is -2.25. The Balaban J connectivity index is 1.91. The van der Waals surface area contributed by atoms with E-state index in [1.54, 1.807) is 13.0 Å². The monoisotopic (exact) mass is 267 g/mol. The Morgan fingerprint density at radius 1 is 1.21 bits per heavy atom. The molecule has 0 radical (unpaired) electrons. The van der Waals surface area contributed by atoms with Crippen LogP contribution in [0.5, 0.6) is 0 Å². The first-order valence-electron chi connectivity index (χ1n) is 7.05. The number of nitrogens with one attached hydrogen (secondary N) is 1. The first-order valence-corrected chi connectivity index (χ1v) is 7.05. The van der Waals surface area contributed by atoms with Crippen LogP contribution >= 0.6 is 0 Å². The molecular weight excluding hydrogens is 244 g/mol. The number of halogens is 2. The predicted octanol–water partition coefficient (Wildman–Crippen LogP) is 3.98. The van der Waals surface area contributed by atoms with Gasteiger partial charge in [-0.1, -0.05) is 19.9 Å². The minimum absolute atomic E-state index is 0.136. The van der Waals surface area contributed by atoms with Crippen LogP contribution in [0.1, 0.15) is 44.2 Å². The summed E-state index contributed by atoms with van der Waals surface area (Å²) in [7, 11) is 0. The third-order valence-corrected chi connectivity index (χ3v) is 3.85. The van der Waals surface area contributed by atoms with Crippen LogP contribution in [-0.2, 0) is 6.42 Å². The molecule has 0 amide bonds. The molecular formula is C16H23F2N. The Labute approximate surface area is 114 Å². The summed E-state index contributed by atoms with van der Waals surface area (Å²) in [5.41, 5.74) is 1.28. The van der Waals surface area contributed by atoms with Crippen molar-refractivity contribution >= 4 is 0 Å². The molecule has 3 heteroatoms. The lowest BCUT2D eigenvalue weighted by atomic mass is 9.86. The first-order chi connectivity index (χ1) is 8.87. The Morgan fingerprint density at radius 3 is 2.53 bits per heavy atom. The van der Waals surface area contributed by atoms with Crippen molar-refractivity contribution in [2.24, 2.45) is 5.41 Å². The van der Waals surface area contributed by atoms with E-state index in [1.807, 2.05) is 0 Å². The van der Waals surface area contributed by atoms with Crippen molar-refractivity contribution in [3.8, 4) is 0 Å². The fourth-order valence-corrected chi connectivity index (χ4v) is 2.18. The Morgan fingerprint density at radius 2 is 1.89 bits per heavy atom. The minimum Gasteiger partial charge on any atom is -0.313 e. The highest BCUT2D eigenvalue weighted by Gasteiger charge is 2.25. The van der Waals surface area contributed by atoms with Crippen LogP contribution in [-0.4, -0.2) is 12.6 Å². The normalized spacial score (nSPS) is 15.8. The molecule has 106 valence electrons. The molecule has 19 heavy (non-hydrogen) atoms. The second kappa shape index (κ2) is 5.58. The number of aryl methyl sites for hydroxylation is 2. The Kier molecular flexibility index (Phi) is 4.24. The fraction of sp³-hybridized carbons (Fsp3) is 0.625. The molecule has 0 unspecified atom stereocenters. The van der Waals surface area contributed by atoms with Crippen molar-refractivity contribution < 1.29 is 8.78 Å². The van der Waals surface area contributed by atoms with E-state index in [4.69, 9.17) is 0 Å². The molecule has 0 bridgehead atoms. The van der Waals surface area contributed by atoms with Gasteiger partial charge in [0.1, 0.15) is 11.6 Å². The zero-order chi connectivity index (χ0) is 14.0. The van der Waals surface area contributed by atoms with Gasteiger partial charge in [-0.25, -0.2) is 8.78 Å². The van der Waals surface area contributed by atoms with Gasteiger partial charge in [-0.15, -0.1) is 0 Å². The van der Waals surface area contributed by atoms with Crippen molar-refractivity contribution in [1.82, 2.24) is 5.32 Å². The topological polar surface area (TPSA) is 12.0 Å². The summed E-state index contributed by atoms with van der Waals surface area (Å²) >= 11 is 0. The lowest BCUT2D eigenvalue weighted by Crippen LogP contribution is -2.31. The number of hydrogen-bond acceptors (Lipinski definition) is 1. The molecule has 1 aliphatic rings. The molecule has 1 aliphatic carbocycles. The summed E-state index contributed by atoms with van der Waals surface area (Å²) in [5, 5.41) is 3.51. The van der Waals surface area contributed by atoms with Gasteiger partial charge in [-0.05, 0) is 49.1 Å². The first kappa shape index (κ1) is 14.4. The van der Waals surface area contributed by atoms with E-state index in [0.29, 0.717) is 23.6 Å².